The normalized spacial score (nSPS) is 27.6. The van der Waals surface area contributed by atoms with Crippen molar-refractivity contribution in [1.82, 2.24) is 0 Å². The number of imide groups is 1. The van der Waals surface area contributed by atoms with E-state index in [4.69, 9.17) is 4.74 Å². The fourth-order valence-corrected chi connectivity index (χ4v) is 7.02. The predicted octanol–water partition coefficient (Wildman–Crippen LogP) is 4.38. The number of rotatable bonds is 2. The Kier molecular flexibility index (Phi) is 5.14. The van der Waals surface area contributed by atoms with Crippen LogP contribution in [0.1, 0.15) is 25.3 Å². The average Bonchev–Trinajstić information content (AvgIpc) is 3.20. The molecule has 0 unspecified atom stereocenters. The molecule has 194 valence electrons. The molecule has 2 amide bonds. The number of ether oxygens (including phenoxy) is 1. The van der Waals surface area contributed by atoms with Crippen LogP contribution in [0, 0.1) is 23.7 Å². The van der Waals surface area contributed by atoms with Crippen LogP contribution in [0.5, 0.6) is 11.5 Å². The number of carbonyl (C=O) groups is 4. The quantitative estimate of drug-likeness (QED) is 0.359. The molecule has 2 aliphatic heterocycles. The van der Waals surface area contributed by atoms with Gasteiger partial charge >= 0.3 is 0 Å². The first-order valence-electron chi connectivity index (χ1n) is 13.1. The van der Waals surface area contributed by atoms with Gasteiger partial charge in [-0.1, -0.05) is 29.8 Å². The van der Waals surface area contributed by atoms with Crippen LogP contribution in [0.3, 0.4) is 0 Å². The number of hydrogen-bond donors (Lipinski definition) is 1. The first-order chi connectivity index (χ1) is 18.8. The summed E-state index contributed by atoms with van der Waals surface area (Å²) in [5, 5.41) is 10.1. The van der Waals surface area contributed by atoms with Crippen molar-refractivity contribution in [1.29, 1.82) is 0 Å². The maximum absolute atomic E-state index is 13.9. The van der Waals surface area contributed by atoms with Crippen LogP contribution in [-0.4, -0.2) is 28.5 Å². The van der Waals surface area contributed by atoms with Crippen LogP contribution in [0.15, 0.2) is 94.8 Å². The molecule has 0 aromatic heterocycles. The monoisotopic (exact) mass is 519 g/mol. The van der Waals surface area contributed by atoms with Gasteiger partial charge in [-0.25, -0.2) is 0 Å². The van der Waals surface area contributed by atoms with Crippen molar-refractivity contribution in [2.45, 2.75) is 26.2 Å². The van der Waals surface area contributed by atoms with Gasteiger partial charge in [0.2, 0.25) is 11.8 Å². The van der Waals surface area contributed by atoms with Gasteiger partial charge in [0, 0.05) is 34.6 Å². The zero-order valence-electron chi connectivity index (χ0n) is 21.2. The molecule has 5 aliphatic rings. The molecule has 3 aliphatic carbocycles. The van der Waals surface area contributed by atoms with E-state index in [9.17, 15) is 24.3 Å². The van der Waals surface area contributed by atoms with Crippen LogP contribution in [0.25, 0.3) is 0 Å². The predicted molar refractivity (Wildman–Crippen MR) is 142 cm³/mol. The lowest BCUT2D eigenvalue weighted by Crippen LogP contribution is -2.41. The molecule has 1 fully saturated rings. The van der Waals surface area contributed by atoms with Crippen LogP contribution in [0.2, 0.25) is 0 Å². The summed E-state index contributed by atoms with van der Waals surface area (Å²) in [5.74, 6) is -2.25. The summed E-state index contributed by atoms with van der Waals surface area (Å²) in [6.07, 6.45) is 6.06. The van der Waals surface area contributed by atoms with Crippen LogP contribution in [0.4, 0.5) is 5.69 Å². The first kappa shape index (κ1) is 23.6. The first-order valence-corrected chi connectivity index (χ1v) is 13.1. The molecule has 2 aromatic carbocycles. The highest BCUT2D eigenvalue weighted by molar-refractivity contribution is 6.24. The number of benzene rings is 2. The molecule has 2 heterocycles. The minimum absolute atomic E-state index is 0.110. The number of phenols is 1. The van der Waals surface area contributed by atoms with E-state index in [1.165, 1.54) is 11.0 Å². The SMILES string of the molecule is CC1=CC(=O)C2=C(C[C@@H]3C(=CC[C@@H]4C(=O)N(c5ccccc5)C(=O)[C@@H]43)[C@@H]2C2=COc3ccc(O)cc3C2)C1=O. The summed E-state index contributed by atoms with van der Waals surface area (Å²) in [7, 11) is 0. The Balaban J connectivity index is 1.34. The van der Waals surface area contributed by atoms with Crippen LogP contribution in [-0.2, 0) is 25.6 Å². The molecule has 0 bridgehead atoms. The molecular weight excluding hydrogens is 494 g/mol. The lowest BCUT2D eigenvalue weighted by atomic mass is 9.58. The second-order valence-corrected chi connectivity index (χ2v) is 10.9. The van der Waals surface area contributed by atoms with E-state index in [1.807, 2.05) is 12.1 Å². The van der Waals surface area contributed by atoms with Gasteiger partial charge in [0.25, 0.3) is 0 Å². The molecule has 0 radical (unpaired) electrons. The highest BCUT2D eigenvalue weighted by Gasteiger charge is 2.56. The second-order valence-electron chi connectivity index (χ2n) is 10.9. The van der Waals surface area contributed by atoms with Gasteiger partial charge in [-0.15, -0.1) is 0 Å². The second kappa shape index (κ2) is 8.50. The van der Waals surface area contributed by atoms with E-state index in [-0.39, 0.29) is 35.6 Å². The molecule has 0 saturated carbocycles. The number of anilines is 1. The molecule has 39 heavy (non-hydrogen) atoms. The van der Waals surface area contributed by atoms with E-state index >= 15 is 0 Å². The van der Waals surface area contributed by atoms with Crippen LogP contribution < -0.4 is 9.64 Å². The lowest BCUT2D eigenvalue weighted by molar-refractivity contribution is -0.123. The van der Waals surface area contributed by atoms with Gasteiger partial charge in [0.1, 0.15) is 11.5 Å². The molecule has 7 heteroatoms. The Morgan fingerprint density at radius 1 is 0.974 bits per heavy atom. The fourth-order valence-electron chi connectivity index (χ4n) is 7.02. The largest absolute Gasteiger partial charge is 0.508 e. The Hall–Kier alpha value is -4.52. The summed E-state index contributed by atoms with van der Waals surface area (Å²) in [5.41, 5.74) is 4.21. The smallest absolute Gasteiger partial charge is 0.238 e. The zero-order chi connectivity index (χ0) is 27.0. The van der Waals surface area contributed by atoms with Crippen molar-refractivity contribution in [3.05, 3.63) is 100 Å². The maximum atomic E-state index is 13.9. The number of phenolic OH excluding ortho intramolecular Hbond substituents is 1. The molecule has 1 saturated heterocycles. The highest BCUT2D eigenvalue weighted by Crippen LogP contribution is 2.55. The number of fused-ring (bicyclic) bond motifs is 4. The van der Waals surface area contributed by atoms with Crippen LogP contribution >= 0.6 is 0 Å². The van der Waals surface area contributed by atoms with Crippen molar-refractivity contribution in [2.24, 2.45) is 23.7 Å². The summed E-state index contributed by atoms with van der Waals surface area (Å²) >= 11 is 0. The van der Waals surface area contributed by atoms with Gasteiger partial charge < -0.3 is 9.84 Å². The summed E-state index contributed by atoms with van der Waals surface area (Å²) < 4.78 is 5.92. The highest BCUT2D eigenvalue weighted by atomic mass is 16.5. The van der Waals surface area contributed by atoms with E-state index in [0.29, 0.717) is 41.0 Å². The third-order valence-electron chi connectivity index (χ3n) is 8.72. The van der Waals surface area contributed by atoms with Gasteiger partial charge in [0.05, 0.1) is 23.8 Å². The number of Topliss-reactive ketones (excluding diaryl/α,β-unsaturated/α-hetero) is 1. The molecular formula is C32H25NO6. The Labute approximate surface area is 224 Å². The Morgan fingerprint density at radius 3 is 2.56 bits per heavy atom. The standard InChI is InChI=1S/C32H25NO6/c1-16-11-25(35)29-24(30(16)36)14-23-21(27(29)18-12-17-13-20(34)7-10-26(17)39-15-18)8-9-22-28(23)32(38)33(31(22)37)19-5-3-2-4-6-19/h2-8,10-11,13,15,22-23,27-28,34H,9,12,14H2,1H3/t22-,23+,27-,28-/m0/s1. The Morgan fingerprint density at radius 2 is 1.77 bits per heavy atom. The summed E-state index contributed by atoms with van der Waals surface area (Å²) in [6.45, 7) is 1.64. The topological polar surface area (TPSA) is 101 Å². The van der Waals surface area contributed by atoms with E-state index in [2.05, 4.69) is 0 Å². The molecule has 7 nitrogen and oxygen atoms in total. The minimum Gasteiger partial charge on any atom is -0.508 e. The number of hydrogen-bond acceptors (Lipinski definition) is 6. The van der Waals surface area contributed by atoms with E-state index < -0.39 is 23.7 Å². The van der Waals surface area contributed by atoms with Crippen molar-refractivity contribution in [3.63, 3.8) is 0 Å². The van der Waals surface area contributed by atoms with Gasteiger partial charge in [-0.3, -0.25) is 24.1 Å². The van der Waals surface area contributed by atoms with E-state index in [1.54, 1.807) is 55.7 Å². The molecule has 2 aromatic rings. The number of ketones is 2. The number of aromatic hydroxyl groups is 1. The maximum Gasteiger partial charge on any atom is 0.238 e. The number of amides is 2. The van der Waals surface area contributed by atoms with Crippen molar-refractivity contribution >= 4 is 29.1 Å². The zero-order valence-corrected chi connectivity index (χ0v) is 21.2. The molecule has 0 spiro atoms. The number of allylic oxidation sites excluding steroid dienone is 7. The van der Waals surface area contributed by atoms with Gasteiger partial charge in [-0.2, -0.15) is 0 Å². The third kappa shape index (κ3) is 3.42. The Bertz CT molecular complexity index is 1620. The average molecular weight is 520 g/mol. The van der Waals surface area contributed by atoms with E-state index in [0.717, 1.165) is 16.7 Å². The van der Waals surface area contributed by atoms with Crippen molar-refractivity contribution in [3.8, 4) is 11.5 Å². The molecule has 1 N–H and O–H groups in total. The number of para-hydroxylation sites is 1. The van der Waals surface area contributed by atoms with Crippen molar-refractivity contribution in [2.75, 3.05) is 4.90 Å². The summed E-state index contributed by atoms with van der Waals surface area (Å²) in [4.78, 5) is 55.6. The van der Waals surface area contributed by atoms with Crippen molar-refractivity contribution < 1.29 is 29.0 Å². The van der Waals surface area contributed by atoms with Gasteiger partial charge in [-0.05, 0) is 67.7 Å². The third-order valence-corrected chi connectivity index (χ3v) is 8.72. The minimum atomic E-state index is -0.621. The number of nitrogens with zero attached hydrogens (tertiary/aromatic N) is 1. The summed E-state index contributed by atoms with van der Waals surface area (Å²) in [6, 6.07) is 13.8. The number of carbonyl (C=O) groups excluding carboxylic acids is 4. The molecule has 7 rings (SSSR count). The molecule has 4 atom stereocenters. The fraction of sp³-hybridized carbons (Fsp3) is 0.250. The lowest BCUT2D eigenvalue weighted by Gasteiger charge is -2.43. The van der Waals surface area contributed by atoms with Gasteiger partial charge in [0.15, 0.2) is 11.6 Å².